The number of nitrogens with one attached hydrogen (secondary N) is 2. The van der Waals surface area contributed by atoms with Gasteiger partial charge in [-0.15, -0.1) is 0 Å². The van der Waals surface area contributed by atoms with Crippen molar-refractivity contribution in [1.29, 1.82) is 0 Å². The first-order chi connectivity index (χ1) is 8.79. The topological polar surface area (TPSA) is 53.6 Å². The molecule has 0 saturated carbocycles. The maximum atomic E-state index is 11.5. The fourth-order valence-electron chi connectivity index (χ4n) is 1.85. The second-order valence-corrected chi connectivity index (χ2v) is 4.15. The summed E-state index contributed by atoms with van der Waals surface area (Å²) in [6.45, 7) is 6.14. The van der Waals surface area contributed by atoms with E-state index >= 15 is 0 Å². The molecule has 2 rings (SSSR count). The average Bonchev–Trinajstić information content (AvgIpc) is 2.41. The lowest BCUT2D eigenvalue weighted by molar-refractivity contribution is 0.0526. The van der Waals surface area contributed by atoms with Crippen LogP contribution in [-0.4, -0.2) is 43.8 Å². The Labute approximate surface area is 107 Å². The Bertz CT molecular complexity index is 386. The first kappa shape index (κ1) is 12.9. The zero-order valence-corrected chi connectivity index (χ0v) is 10.6. The van der Waals surface area contributed by atoms with Crippen LogP contribution in [0.1, 0.15) is 17.3 Å². The van der Waals surface area contributed by atoms with Crippen molar-refractivity contribution in [2.75, 3.05) is 38.2 Å². The molecule has 1 aliphatic rings. The average molecular weight is 249 g/mol. The molecule has 0 spiro atoms. The number of nitrogens with zero attached hydrogens (tertiary/aromatic N) is 1. The van der Waals surface area contributed by atoms with E-state index in [-0.39, 0.29) is 5.97 Å². The monoisotopic (exact) mass is 249 g/mol. The molecule has 0 amide bonds. The zero-order valence-electron chi connectivity index (χ0n) is 10.6. The Morgan fingerprint density at radius 3 is 2.61 bits per heavy atom. The molecule has 0 bridgehead atoms. The number of benzene rings is 1. The highest BCUT2D eigenvalue weighted by molar-refractivity contribution is 5.89. The summed E-state index contributed by atoms with van der Waals surface area (Å²) < 4.78 is 4.94. The minimum Gasteiger partial charge on any atom is -0.462 e. The van der Waals surface area contributed by atoms with E-state index in [1.165, 1.54) is 0 Å². The van der Waals surface area contributed by atoms with Crippen LogP contribution in [-0.2, 0) is 4.74 Å². The molecule has 1 heterocycles. The number of rotatable bonds is 4. The molecule has 98 valence electrons. The normalized spacial score (nSPS) is 16.3. The van der Waals surface area contributed by atoms with Crippen LogP contribution in [0.2, 0.25) is 0 Å². The first-order valence-corrected chi connectivity index (χ1v) is 6.29. The highest BCUT2D eigenvalue weighted by Gasteiger charge is 2.10. The van der Waals surface area contributed by atoms with E-state index in [4.69, 9.17) is 4.74 Å². The van der Waals surface area contributed by atoms with Gasteiger partial charge in [-0.2, -0.15) is 0 Å². The minimum atomic E-state index is -0.272. The van der Waals surface area contributed by atoms with Gasteiger partial charge in [-0.1, -0.05) is 0 Å². The van der Waals surface area contributed by atoms with Crippen LogP contribution in [0.3, 0.4) is 0 Å². The lowest BCUT2D eigenvalue weighted by Gasteiger charge is -2.28. The highest BCUT2D eigenvalue weighted by Crippen LogP contribution is 2.11. The molecule has 0 atom stereocenters. The third-order valence-corrected chi connectivity index (χ3v) is 2.80. The summed E-state index contributed by atoms with van der Waals surface area (Å²) in [5.74, 6) is -0.272. The van der Waals surface area contributed by atoms with E-state index in [0.717, 1.165) is 31.9 Å². The van der Waals surface area contributed by atoms with Gasteiger partial charge in [-0.05, 0) is 31.2 Å². The van der Waals surface area contributed by atoms with E-state index in [9.17, 15) is 4.79 Å². The molecule has 1 fully saturated rings. The van der Waals surface area contributed by atoms with Crippen molar-refractivity contribution in [3.8, 4) is 0 Å². The van der Waals surface area contributed by atoms with Crippen molar-refractivity contribution in [2.24, 2.45) is 0 Å². The summed E-state index contributed by atoms with van der Waals surface area (Å²) in [5, 5.41) is 5.46. The van der Waals surface area contributed by atoms with Crippen molar-refractivity contribution in [3.05, 3.63) is 29.8 Å². The number of anilines is 1. The predicted octanol–water partition coefficient (Wildman–Crippen LogP) is 1.10. The fourth-order valence-corrected chi connectivity index (χ4v) is 1.85. The van der Waals surface area contributed by atoms with Gasteiger partial charge in [0.2, 0.25) is 0 Å². The van der Waals surface area contributed by atoms with Gasteiger partial charge in [0.05, 0.1) is 12.2 Å². The predicted molar refractivity (Wildman–Crippen MR) is 70.5 cm³/mol. The van der Waals surface area contributed by atoms with E-state index in [0.29, 0.717) is 12.2 Å². The van der Waals surface area contributed by atoms with Crippen LogP contribution in [0.15, 0.2) is 24.3 Å². The summed E-state index contributed by atoms with van der Waals surface area (Å²) in [6.07, 6.45) is 0. The maximum absolute atomic E-state index is 11.5. The van der Waals surface area contributed by atoms with E-state index < -0.39 is 0 Å². The third kappa shape index (κ3) is 3.45. The molecule has 0 unspecified atom stereocenters. The molecule has 1 saturated heterocycles. The lowest BCUT2D eigenvalue weighted by atomic mass is 10.2. The summed E-state index contributed by atoms with van der Waals surface area (Å²) in [6, 6.07) is 7.35. The molecule has 0 aliphatic carbocycles. The number of piperazine rings is 1. The van der Waals surface area contributed by atoms with E-state index in [2.05, 4.69) is 15.8 Å². The third-order valence-electron chi connectivity index (χ3n) is 2.80. The molecule has 1 aromatic carbocycles. The Balaban J connectivity index is 1.92. The van der Waals surface area contributed by atoms with Gasteiger partial charge in [0.25, 0.3) is 0 Å². The molecule has 2 N–H and O–H groups in total. The summed E-state index contributed by atoms with van der Waals surface area (Å²) in [7, 11) is 0. The maximum Gasteiger partial charge on any atom is 0.338 e. The molecule has 1 aliphatic heterocycles. The number of hydrogen-bond donors (Lipinski definition) is 2. The second-order valence-electron chi connectivity index (χ2n) is 4.15. The van der Waals surface area contributed by atoms with Gasteiger partial charge in [0, 0.05) is 31.9 Å². The van der Waals surface area contributed by atoms with Gasteiger partial charge < -0.3 is 15.5 Å². The molecule has 5 heteroatoms. The molecule has 1 aromatic rings. The number of carbonyl (C=O) groups is 1. The molecule has 0 radical (unpaired) electrons. The van der Waals surface area contributed by atoms with Crippen LogP contribution >= 0.6 is 0 Å². The van der Waals surface area contributed by atoms with Crippen molar-refractivity contribution >= 4 is 11.7 Å². The van der Waals surface area contributed by atoms with E-state index in [1.807, 2.05) is 12.1 Å². The van der Waals surface area contributed by atoms with Crippen LogP contribution in [0.5, 0.6) is 0 Å². The van der Waals surface area contributed by atoms with Crippen molar-refractivity contribution in [1.82, 2.24) is 10.3 Å². The Hall–Kier alpha value is -1.59. The van der Waals surface area contributed by atoms with Crippen LogP contribution in [0.25, 0.3) is 0 Å². The van der Waals surface area contributed by atoms with Crippen LogP contribution < -0.4 is 10.7 Å². The van der Waals surface area contributed by atoms with Gasteiger partial charge in [-0.3, -0.25) is 0 Å². The SMILES string of the molecule is CCOC(=O)c1ccc(NN2CCNCC2)cc1. The largest absolute Gasteiger partial charge is 0.462 e. The van der Waals surface area contributed by atoms with Crippen molar-refractivity contribution in [2.45, 2.75) is 6.92 Å². The smallest absolute Gasteiger partial charge is 0.338 e. The van der Waals surface area contributed by atoms with Gasteiger partial charge >= 0.3 is 5.97 Å². The van der Waals surface area contributed by atoms with Crippen LogP contribution in [0, 0.1) is 0 Å². The molecule has 5 nitrogen and oxygen atoms in total. The molecular formula is C13H19N3O2. The first-order valence-electron chi connectivity index (χ1n) is 6.29. The standard InChI is InChI=1S/C13H19N3O2/c1-2-18-13(17)11-3-5-12(6-4-11)15-16-9-7-14-8-10-16/h3-6,14-15H,2,7-10H2,1H3. The number of hydrazine groups is 1. The summed E-state index contributed by atoms with van der Waals surface area (Å²) in [5.41, 5.74) is 4.90. The minimum absolute atomic E-state index is 0.272. The van der Waals surface area contributed by atoms with Crippen molar-refractivity contribution in [3.63, 3.8) is 0 Å². The van der Waals surface area contributed by atoms with Crippen molar-refractivity contribution < 1.29 is 9.53 Å². The number of ether oxygens (including phenoxy) is 1. The number of carbonyl (C=O) groups excluding carboxylic acids is 1. The molecular weight excluding hydrogens is 230 g/mol. The quantitative estimate of drug-likeness (QED) is 0.783. The number of hydrogen-bond acceptors (Lipinski definition) is 5. The Morgan fingerprint density at radius 2 is 2.00 bits per heavy atom. The Morgan fingerprint density at radius 1 is 1.33 bits per heavy atom. The zero-order chi connectivity index (χ0) is 12.8. The molecule has 0 aromatic heterocycles. The Kier molecular flexibility index (Phi) is 4.55. The number of esters is 1. The highest BCUT2D eigenvalue weighted by atomic mass is 16.5. The summed E-state index contributed by atoms with van der Waals surface area (Å²) >= 11 is 0. The van der Waals surface area contributed by atoms with Gasteiger partial charge in [0.1, 0.15) is 0 Å². The second kappa shape index (κ2) is 6.37. The lowest BCUT2D eigenvalue weighted by Crippen LogP contribution is -2.46. The van der Waals surface area contributed by atoms with Gasteiger partial charge in [0.15, 0.2) is 0 Å². The van der Waals surface area contributed by atoms with E-state index in [1.54, 1.807) is 19.1 Å². The van der Waals surface area contributed by atoms with Gasteiger partial charge in [-0.25, -0.2) is 9.80 Å². The summed E-state index contributed by atoms with van der Waals surface area (Å²) in [4.78, 5) is 11.5. The fraction of sp³-hybridized carbons (Fsp3) is 0.462. The molecule has 18 heavy (non-hydrogen) atoms. The van der Waals surface area contributed by atoms with Crippen LogP contribution in [0.4, 0.5) is 5.69 Å².